The van der Waals surface area contributed by atoms with Crippen molar-refractivity contribution in [3.8, 4) is 0 Å². The molecule has 2 fully saturated rings. The first-order chi connectivity index (χ1) is 11.6. The molecule has 2 aliphatic rings. The summed E-state index contributed by atoms with van der Waals surface area (Å²) in [6.45, 7) is 14.6. The topological polar surface area (TPSA) is 65.5 Å². The predicted octanol–water partition coefficient (Wildman–Crippen LogP) is 3.76. The van der Waals surface area contributed by atoms with Crippen LogP contribution in [0, 0.1) is 5.92 Å². The molecule has 0 radical (unpaired) electrons. The average Bonchev–Trinajstić information content (AvgIpc) is 3.40. The third-order valence-corrected chi connectivity index (χ3v) is 6.04. The van der Waals surface area contributed by atoms with Gasteiger partial charge in [0.05, 0.1) is 30.0 Å². The van der Waals surface area contributed by atoms with Crippen molar-refractivity contribution in [2.75, 3.05) is 6.61 Å². The molecule has 0 aromatic heterocycles. The SMILES string of the molecule is C=C(CC(O)C(C)=CCCC1(C)OC1CCC1(C)OC1CO)C(C)C. The Labute approximate surface area is 152 Å². The van der Waals surface area contributed by atoms with E-state index in [-0.39, 0.29) is 30.0 Å². The molecule has 25 heavy (non-hydrogen) atoms. The number of hydrogen-bond donors (Lipinski definition) is 2. The van der Waals surface area contributed by atoms with Gasteiger partial charge < -0.3 is 19.7 Å². The summed E-state index contributed by atoms with van der Waals surface area (Å²) in [5.41, 5.74) is 1.91. The molecule has 144 valence electrons. The molecular weight excluding hydrogens is 316 g/mol. The standard InChI is InChI=1S/C21H36O4/c1-14(2)16(4)12-17(23)15(3)8-7-10-20(5)18(24-20)9-11-21(6)19(13-22)25-21/h8,14,17-19,22-23H,4,7,9-13H2,1-3,5-6H3. The lowest BCUT2D eigenvalue weighted by molar-refractivity contribution is 0.207. The van der Waals surface area contributed by atoms with E-state index in [1.54, 1.807) is 0 Å². The minimum absolute atomic E-state index is 0.00478. The fourth-order valence-corrected chi connectivity index (χ4v) is 3.40. The van der Waals surface area contributed by atoms with Gasteiger partial charge in [0.2, 0.25) is 0 Å². The third-order valence-electron chi connectivity index (χ3n) is 6.04. The van der Waals surface area contributed by atoms with E-state index in [0.29, 0.717) is 12.3 Å². The van der Waals surface area contributed by atoms with E-state index in [1.807, 2.05) is 6.92 Å². The van der Waals surface area contributed by atoms with Gasteiger partial charge in [-0.2, -0.15) is 0 Å². The molecule has 0 bridgehead atoms. The van der Waals surface area contributed by atoms with E-state index in [9.17, 15) is 5.11 Å². The quantitative estimate of drug-likeness (QED) is 0.439. The first kappa shape index (κ1) is 20.6. The van der Waals surface area contributed by atoms with Gasteiger partial charge in [-0.05, 0) is 64.4 Å². The van der Waals surface area contributed by atoms with Gasteiger partial charge in [-0.25, -0.2) is 0 Å². The largest absolute Gasteiger partial charge is 0.394 e. The van der Waals surface area contributed by atoms with Crippen LogP contribution >= 0.6 is 0 Å². The van der Waals surface area contributed by atoms with Crippen LogP contribution in [0.5, 0.6) is 0 Å². The fourth-order valence-electron chi connectivity index (χ4n) is 3.40. The maximum Gasteiger partial charge on any atom is 0.110 e. The number of allylic oxidation sites excluding steroid dienone is 1. The molecule has 5 atom stereocenters. The summed E-state index contributed by atoms with van der Waals surface area (Å²) >= 11 is 0. The highest BCUT2D eigenvalue weighted by atomic mass is 16.6. The van der Waals surface area contributed by atoms with Crippen molar-refractivity contribution in [1.29, 1.82) is 0 Å². The first-order valence-electron chi connectivity index (χ1n) is 9.60. The summed E-state index contributed by atoms with van der Waals surface area (Å²) in [5.74, 6) is 0.407. The van der Waals surface area contributed by atoms with Gasteiger partial charge in [0.25, 0.3) is 0 Å². The monoisotopic (exact) mass is 352 g/mol. The van der Waals surface area contributed by atoms with Crippen LogP contribution in [-0.2, 0) is 9.47 Å². The molecule has 0 spiro atoms. The Morgan fingerprint density at radius 2 is 1.76 bits per heavy atom. The Morgan fingerprint density at radius 3 is 2.32 bits per heavy atom. The fraction of sp³-hybridized carbons (Fsp3) is 0.810. The van der Waals surface area contributed by atoms with Crippen molar-refractivity contribution in [2.24, 2.45) is 5.92 Å². The van der Waals surface area contributed by atoms with Crippen LogP contribution in [0.4, 0.5) is 0 Å². The van der Waals surface area contributed by atoms with Gasteiger partial charge in [0.1, 0.15) is 6.10 Å². The Kier molecular flexibility index (Phi) is 6.53. The van der Waals surface area contributed by atoms with E-state index in [2.05, 4.69) is 40.3 Å². The lowest BCUT2D eigenvalue weighted by atomic mass is 9.92. The van der Waals surface area contributed by atoms with Crippen molar-refractivity contribution in [1.82, 2.24) is 0 Å². The molecule has 2 aliphatic heterocycles. The van der Waals surface area contributed by atoms with Gasteiger partial charge in [0, 0.05) is 0 Å². The summed E-state index contributed by atoms with van der Waals surface area (Å²) in [7, 11) is 0. The number of ether oxygens (including phenoxy) is 2. The molecule has 2 saturated heterocycles. The van der Waals surface area contributed by atoms with Gasteiger partial charge in [-0.15, -0.1) is 0 Å². The Hall–Kier alpha value is -0.680. The lowest BCUT2D eigenvalue weighted by Gasteiger charge is -2.16. The average molecular weight is 353 g/mol. The van der Waals surface area contributed by atoms with Gasteiger partial charge in [-0.3, -0.25) is 0 Å². The molecule has 4 heteroatoms. The number of aliphatic hydroxyl groups is 2. The van der Waals surface area contributed by atoms with Crippen molar-refractivity contribution in [2.45, 2.75) is 96.2 Å². The van der Waals surface area contributed by atoms with Crippen molar-refractivity contribution >= 4 is 0 Å². The minimum atomic E-state index is -0.430. The summed E-state index contributed by atoms with van der Waals surface area (Å²) < 4.78 is 11.4. The second kappa shape index (κ2) is 7.91. The molecule has 0 amide bonds. The molecule has 0 aliphatic carbocycles. The Morgan fingerprint density at radius 1 is 1.16 bits per heavy atom. The predicted molar refractivity (Wildman–Crippen MR) is 100 cm³/mol. The lowest BCUT2D eigenvalue weighted by Crippen LogP contribution is -2.16. The van der Waals surface area contributed by atoms with Crippen LogP contribution in [-0.4, -0.2) is 46.3 Å². The molecule has 0 aromatic rings. The normalized spacial score (nSPS) is 35.8. The second-order valence-corrected chi connectivity index (χ2v) is 8.58. The number of aliphatic hydroxyl groups excluding tert-OH is 2. The second-order valence-electron chi connectivity index (χ2n) is 8.58. The smallest absolute Gasteiger partial charge is 0.110 e. The molecule has 2 heterocycles. The van der Waals surface area contributed by atoms with Crippen LogP contribution in [0.1, 0.15) is 66.7 Å². The molecule has 5 unspecified atom stereocenters. The summed E-state index contributed by atoms with van der Waals surface area (Å²) in [6, 6.07) is 0. The van der Waals surface area contributed by atoms with E-state index in [4.69, 9.17) is 14.6 Å². The zero-order chi connectivity index (χ0) is 18.8. The third kappa shape index (κ3) is 5.40. The van der Waals surface area contributed by atoms with E-state index < -0.39 is 6.10 Å². The maximum atomic E-state index is 10.3. The highest BCUT2D eigenvalue weighted by molar-refractivity contribution is 5.12. The zero-order valence-electron chi connectivity index (χ0n) is 16.5. The number of rotatable bonds is 11. The van der Waals surface area contributed by atoms with E-state index >= 15 is 0 Å². The van der Waals surface area contributed by atoms with Crippen molar-refractivity contribution in [3.05, 3.63) is 23.8 Å². The minimum Gasteiger partial charge on any atom is -0.394 e. The van der Waals surface area contributed by atoms with Crippen molar-refractivity contribution < 1.29 is 19.7 Å². The molecular formula is C21H36O4. The summed E-state index contributed by atoms with van der Waals surface area (Å²) in [5, 5.41) is 19.4. The molecule has 0 aromatic carbocycles. The van der Waals surface area contributed by atoms with Crippen LogP contribution < -0.4 is 0 Å². The number of hydrogen-bond acceptors (Lipinski definition) is 4. The van der Waals surface area contributed by atoms with Crippen LogP contribution in [0.25, 0.3) is 0 Å². The van der Waals surface area contributed by atoms with Crippen LogP contribution in [0.2, 0.25) is 0 Å². The zero-order valence-corrected chi connectivity index (χ0v) is 16.5. The first-order valence-corrected chi connectivity index (χ1v) is 9.60. The Bertz CT molecular complexity index is 512. The van der Waals surface area contributed by atoms with E-state index in [1.165, 1.54) is 0 Å². The van der Waals surface area contributed by atoms with Gasteiger partial charge >= 0.3 is 0 Å². The van der Waals surface area contributed by atoms with Crippen molar-refractivity contribution in [3.63, 3.8) is 0 Å². The summed E-state index contributed by atoms with van der Waals surface area (Å²) in [4.78, 5) is 0. The molecule has 2 N–H and O–H groups in total. The molecule has 0 saturated carbocycles. The number of epoxide rings is 2. The highest BCUT2D eigenvalue weighted by Gasteiger charge is 2.56. The van der Waals surface area contributed by atoms with E-state index in [0.717, 1.165) is 36.8 Å². The van der Waals surface area contributed by atoms with Crippen LogP contribution in [0.15, 0.2) is 23.8 Å². The van der Waals surface area contributed by atoms with Crippen LogP contribution in [0.3, 0.4) is 0 Å². The highest BCUT2D eigenvalue weighted by Crippen LogP contribution is 2.47. The maximum absolute atomic E-state index is 10.3. The molecule has 2 rings (SSSR count). The Balaban J connectivity index is 1.68. The van der Waals surface area contributed by atoms with Gasteiger partial charge in [0.15, 0.2) is 0 Å². The molecule has 4 nitrogen and oxygen atoms in total. The van der Waals surface area contributed by atoms with Gasteiger partial charge in [-0.1, -0.05) is 32.1 Å². The summed E-state index contributed by atoms with van der Waals surface area (Å²) in [6.07, 6.45) is 6.42.